The number of benzene rings is 4. The van der Waals surface area contributed by atoms with E-state index in [4.69, 9.17) is 4.74 Å². The minimum atomic E-state index is -1.45. The fraction of sp³-hybridized carbons (Fsp3) is 0.161. The van der Waals surface area contributed by atoms with Crippen LogP contribution in [0.2, 0.25) is 0 Å². The number of methoxy groups -OCH3 is 1. The molecule has 198 valence electrons. The first kappa shape index (κ1) is 26.2. The van der Waals surface area contributed by atoms with Crippen LogP contribution in [-0.4, -0.2) is 36.1 Å². The molecule has 1 fully saturated rings. The summed E-state index contributed by atoms with van der Waals surface area (Å²) in [7, 11) is 0.130. The number of carbonyl (C=O) groups is 2. The van der Waals surface area contributed by atoms with Gasteiger partial charge in [-0.3, -0.25) is 9.59 Å². The van der Waals surface area contributed by atoms with Crippen LogP contribution in [0.15, 0.2) is 102 Å². The Hall–Kier alpha value is -4.43. The summed E-state index contributed by atoms with van der Waals surface area (Å²) in [6.07, 6.45) is 2.41. The van der Waals surface area contributed by atoms with Crippen LogP contribution in [0, 0.1) is 0 Å². The fourth-order valence-electron chi connectivity index (χ4n) is 4.43. The largest absolute Gasteiger partial charge is 0.497 e. The molecular formula is C31H29N3O4S. The van der Waals surface area contributed by atoms with E-state index >= 15 is 0 Å². The number of nitrogens with zero attached hydrogens (tertiary/aromatic N) is 1. The molecular weight excluding hydrogens is 510 g/mol. The van der Waals surface area contributed by atoms with Gasteiger partial charge < -0.3 is 19.7 Å². The first-order valence-corrected chi connectivity index (χ1v) is 13.9. The second-order valence-electron chi connectivity index (χ2n) is 9.23. The number of amides is 1. The minimum absolute atomic E-state index is 0.145. The summed E-state index contributed by atoms with van der Waals surface area (Å²) in [4.78, 5) is 28.6. The van der Waals surface area contributed by atoms with Gasteiger partial charge in [0, 0.05) is 46.8 Å². The van der Waals surface area contributed by atoms with Crippen LogP contribution < -0.4 is 19.7 Å². The van der Waals surface area contributed by atoms with Gasteiger partial charge in [-0.2, -0.15) is 0 Å². The van der Waals surface area contributed by atoms with Crippen molar-refractivity contribution in [2.45, 2.75) is 17.7 Å². The van der Waals surface area contributed by atoms with Gasteiger partial charge in [0.2, 0.25) is 0 Å². The van der Waals surface area contributed by atoms with Crippen molar-refractivity contribution in [1.29, 1.82) is 0 Å². The molecule has 1 amide bonds. The van der Waals surface area contributed by atoms with Gasteiger partial charge in [0.25, 0.3) is 5.91 Å². The third-order valence-corrected chi connectivity index (χ3v) is 7.76. The average Bonchev–Trinajstić information content (AvgIpc) is 3.53. The van der Waals surface area contributed by atoms with Gasteiger partial charge in [-0.1, -0.05) is 0 Å². The van der Waals surface area contributed by atoms with Crippen molar-refractivity contribution in [3.63, 3.8) is 0 Å². The van der Waals surface area contributed by atoms with E-state index in [-0.39, 0.29) is 11.7 Å². The highest BCUT2D eigenvalue weighted by molar-refractivity contribution is 7.86. The lowest BCUT2D eigenvalue weighted by molar-refractivity contribution is 0.102. The summed E-state index contributed by atoms with van der Waals surface area (Å²) >= 11 is 0. The molecule has 8 heteroatoms. The number of hydrogen-bond donors (Lipinski definition) is 2. The van der Waals surface area contributed by atoms with Crippen molar-refractivity contribution in [2.75, 3.05) is 35.1 Å². The Morgan fingerprint density at radius 2 is 1.26 bits per heavy atom. The zero-order chi connectivity index (χ0) is 27.2. The van der Waals surface area contributed by atoms with Gasteiger partial charge in [-0.15, -0.1) is 0 Å². The zero-order valence-corrected chi connectivity index (χ0v) is 22.4. The van der Waals surface area contributed by atoms with Crippen LogP contribution in [0.5, 0.6) is 5.75 Å². The topological polar surface area (TPSA) is 87.7 Å². The molecule has 1 atom stereocenters. The second-order valence-corrected chi connectivity index (χ2v) is 10.4. The summed E-state index contributed by atoms with van der Waals surface area (Å²) in [5, 5.41) is 2.89. The van der Waals surface area contributed by atoms with Crippen LogP contribution in [0.4, 0.5) is 17.1 Å². The molecule has 0 radical (unpaired) electrons. The van der Waals surface area contributed by atoms with E-state index < -0.39 is 11.0 Å². The van der Waals surface area contributed by atoms with E-state index in [0.717, 1.165) is 18.8 Å². The van der Waals surface area contributed by atoms with E-state index in [1.54, 1.807) is 79.9 Å². The van der Waals surface area contributed by atoms with Crippen molar-refractivity contribution < 1.29 is 18.5 Å². The molecule has 1 heterocycles. The number of rotatable bonds is 9. The molecule has 1 aliphatic rings. The second kappa shape index (κ2) is 12.0. The van der Waals surface area contributed by atoms with Crippen molar-refractivity contribution >= 4 is 39.7 Å². The monoisotopic (exact) mass is 539 g/mol. The third kappa shape index (κ3) is 6.35. The quantitative estimate of drug-likeness (QED) is 0.258. The molecule has 7 nitrogen and oxygen atoms in total. The summed E-state index contributed by atoms with van der Waals surface area (Å²) in [6, 6.07) is 28.3. The lowest BCUT2D eigenvalue weighted by Crippen LogP contribution is -2.18. The Balaban J connectivity index is 1.17. The highest BCUT2D eigenvalue weighted by Gasteiger charge is 2.14. The van der Waals surface area contributed by atoms with Gasteiger partial charge in [0.1, 0.15) is 16.7 Å². The molecule has 0 aliphatic carbocycles. The maximum absolute atomic E-state index is 13.0. The number of anilines is 3. The molecule has 0 spiro atoms. The van der Waals surface area contributed by atoms with E-state index in [9.17, 15) is 13.8 Å². The highest BCUT2D eigenvalue weighted by Crippen LogP contribution is 2.22. The van der Waals surface area contributed by atoms with Crippen molar-refractivity contribution in [1.82, 2.24) is 0 Å². The third-order valence-electron chi connectivity index (χ3n) is 6.64. The standard InChI is InChI=1S/C31H29N3O4S/c1-38-28-16-18-29(19-17-28)39(37)33-26-12-6-23(7-13-26)30(35)22-4-10-25(11-5-22)32-31(36)24-8-14-27(15-9-24)34-20-2-3-21-34/h4-19,33H,2-3,20-21H2,1H3,(H,32,36). The summed E-state index contributed by atoms with van der Waals surface area (Å²) in [5.74, 6) is 0.349. The smallest absolute Gasteiger partial charge is 0.255 e. The summed E-state index contributed by atoms with van der Waals surface area (Å²) in [5.41, 5.74) is 3.98. The van der Waals surface area contributed by atoms with Gasteiger partial charge in [-0.25, -0.2) is 4.21 Å². The Morgan fingerprint density at radius 1 is 0.718 bits per heavy atom. The predicted octanol–water partition coefficient (Wildman–Crippen LogP) is 5.91. The van der Waals surface area contributed by atoms with E-state index in [2.05, 4.69) is 14.9 Å². The van der Waals surface area contributed by atoms with Crippen LogP contribution in [-0.2, 0) is 11.0 Å². The molecule has 4 aromatic carbocycles. The van der Waals surface area contributed by atoms with E-state index in [1.807, 2.05) is 24.3 Å². The molecule has 4 aromatic rings. The Labute approximate surface area is 230 Å². The van der Waals surface area contributed by atoms with Crippen molar-refractivity contribution in [3.8, 4) is 5.75 Å². The molecule has 0 aromatic heterocycles. The molecule has 0 saturated carbocycles. The Kier molecular flexibility index (Phi) is 8.03. The van der Waals surface area contributed by atoms with Gasteiger partial charge in [0.05, 0.1) is 12.0 Å². The number of carbonyl (C=O) groups excluding carboxylic acids is 2. The maximum Gasteiger partial charge on any atom is 0.255 e. The molecule has 5 rings (SSSR count). The fourth-order valence-corrected chi connectivity index (χ4v) is 5.28. The molecule has 1 unspecified atom stereocenters. The number of ether oxygens (including phenoxy) is 1. The summed E-state index contributed by atoms with van der Waals surface area (Å²) < 4.78 is 20.6. The normalized spacial score (nSPS) is 13.5. The Bertz CT molecular complexity index is 1460. The van der Waals surface area contributed by atoms with Gasteiger partial charge in [-0.05, 0) is 110 Å². The van der Waals surface area contributed by atoms with Gasteiger partial charge >= 0.3 is 0 Å². The lowest BCUT2D eigenvalue weighted by atomic mass is 10.0. The van der Waals surface area contributed by atoms with Crippen LogP contribution in [0.1, 0.15) is 39.1 Å². The number of nitrogens with one attached hydrogen (secondary N) is 2. The number of ketones is 1. The maximum atomic E-state index is 13.0. The van der Waals surface area contributed by atoms with Crippen LogP contribution in [0.3, 0.4) is 0 Å². The SMILES string of the molecule is COc1ccc(S(=O)Nc2ccc(C(=O)c3ccc(NC(=O)c4ccc(N5CCCC5)cc4)cc3)cc2)cc1. The highest BCUT2D eigenvalue weighted by atomic mass is 32.2. The summed E-state index contributed by atoms with van der Waals surface area (Å²) in [6.45, 7) is 2.12. The molecule has 0 bridgehead atoms. The molecule has 39 heavy (non-hydrogen) atoms. The molecule has 2 N–H and O–H groups in total. The Morgan fingerprint density at radius 3 is 1.82 bits per heavy atom. The molecule has 1 aliphatic heterocycles. The lowest BCUT2D eigenvalue weighted by Gasteiger charge is -2.17. The van der Waals surface area contributed by atoms with E-state index in [1.165, 1.54) is 12.8 Å². The number of hydrogen-bond acceptors (Lipinski definition) is 5. The minimum Gasteiger partial charge on any atom is -0.497 e. The average molecular weight is 540 g/mol. The van der Waals surface area contributed by atoms with Crippen LogP contribution >= 0.6 is 0 Å². The zero-order valence-electron chi connectivity index (χ0n) is 21.6. The van der Waals surface area contributed by atoms with Crippen LogP contribution in [0.25, 0.3) is 0 Å². The van der Waals surface area contributed by atoms with Crippen molar-refractivity contribution in [3.05, 3.63) is 114 Å². The first-order chi connectivity index (χ1) is 19.0. The molecule has 1 saturated heterocycles. The van der Waals surface area contributed by atoms with E-state index in [0.29, 0.717) is 38.7 Å². The van der Waals surface area contributed by atoms with Gasteiger partial charge in [0.15, 0.2) is 5.78 Å². The first-order valence-electron chi connectivity index (χ1n) is 12.7. The predicted molar refractivity (Wildman–Crippen MR) is 155 cm³/mol. The van der Waals surface area contributed by atoms with Crippen molar-refractivity contribution in [2.24, 2.45) is 0 Å².